The Morgan fingerprint density at radius 1 is 0.528 bits per heavy atom. The molecule has 0 bridgehead atoms. The minimum Gasteiger partial charge on any atom is -0.335 e. The minimum atomic E-state index is 0.0222. The molecule has 1 unspecified atom stereocenters. The van der Waals surface area contributed by atoms with Crippen LogP contribution >= 0.6 is 0 Å². The van der Waals surface area contributed by atoms with E-state index in [2.05, 4.69) is 209 Å². The van der Waals surface area contributed by atoms with E-state index in [1.54, 1.807) is 0 Å². The third kappa shape index (κ3) is 5.57. The summed E-state index contributed by atoms with van der Waals surface area (Å²) in [6, 6.07) is 52.6. The molecule has 53 heavy (non-hydrogen) atoms. The standard InChI is InChI=1S/C50H47BN2/c1-49(2,3)36-28-30-42(38(32-36)34-18-9-7-10-19-34)52-44-24-15-13-22-40(44)51-41-23-14-16-25-45(41)53(47-27-17-26-46(52)48(47)51)43-31-29-37(50(4,5)6)33-39(43)35-20-11-8-12-21-35/h7-24,26-33,45H,25H2,1-6H3. The largest absolute Gasteiger partial charge is 0.335 e. The minimum absolute atomic E-state index is 0.0222. The first-order valence-corrected chi connectivity index (χ1v) is 19.2. The molecule has 3 aliphatic rings. The zero-order valence-electron chi connectivity index (χ0n) is 31.8. The van der Waals surface area contributed by atoms with E-state index in [9.17, 15) is 0 Å². The maximum Gasteiger partial charge on any atom is 0.247 e. The molecule has 2 nitrogen and oxygen atoms in total. The van der Waals surface area contributed by atoms with Gasteiger partial charge in [0.25, 0.3) is 0 Å². The molecule has 2 heterocycles. The lowest BCUT2D eigenvalue weighted by Gasteiger charge is -2.49. The van der Waals surface area contributed by atoms with Gasteiger partial charge in [-0.15, -0.1) is 0 Å². The number of allylic oxidation sites excluding steroid dienone is 2. The van der Waals surface area contributed by atoms with E-state index in [-0.39, 0.29) is 23.6 Å². The molecule has 1 aliphatic carbocycles. The third-order valence-corrected chi connectivity index (χ3v) is 11.5. The van der Waals surface area contributed by atoms with Gasteiger partial charge in [-0.2, -0.15) is 0 Å². The molecular formula is C50H47BN2. The average Bonchev–Trinajstić information content (AvgIpc) is 3.17. The normalized spacial score (nSPS) is 16.2. The molecule has 0 N–H and O–H groups in total. The van der Waals surface area contributed by atoms with E-state index in [1.165, 1.54) is 78.2 Å². The summed E-state index contributed by atoms with van der Waals surface area (Å²) in [5.41, 5.74) is 18.2. The van der Waals surface area contributed by atoms with Gasteiger partial charge in [-0.3, -0.25) is 0 Å². The molecule has 6 aromatic carbocycles. The quantitative estimate of drug-likeness (QED) is 0.170. The van der Waals surface area contributed by atoms with Crippen molar-refractivity contribution in [2.45, 2.75) is 64.8 Å². The summed E-state index contributed by atoms with van der Waals surface area (Å²) in [5.74, 6) is 0. The molecule has 6 aromatic rings. The van der Waals surface area contributed by atoms with Crippen LogP contribution in [0.4, 0.5) is 28.4 Å². The van der Waals surface area contributed by atoms with E-state index in [1.807, 2.05) is 0 Å². The van der Waals surface area contributed by atoms with Crippen LogP contribution in [0, 0.1) is 0 Å². The van der Waals surface area contributed by atoms with Crippen LogP contribution in [0.25, 0.3) is 22.3 Å². The van der Waals surface area contributed by atoms with Crippen LogP contribution < -0.4 is 20.7 Å². The lowest BCUT2D eigenvalue weighted by molar-refractivity contribution is 0.590. The van der Waals surface area contributed by atoms with E-state index < -0.39 is 0 Å². The molecule has 1 atom stereocenters. The van der Waals surface area contributed by atoms with Gasteiger partial charge >= 0.3 is 0 Å². The number of nitrogens with zero attached hydrogens (tertiary/aromatic N) is 2. The summed E-state index contributed by atoms with van der Waals surface area (Å²) < 4.78 is 0. The van der Waals surface area contributed by atoms with Crippen molar-refractivity contribution in [3.8, 4) is 22.3 Å². The van der Waals surface area contributed by atoms with Crippen molar-refractivity contribution < 1.29 is 0 Å². The van der Waals surface area contributed by atoms with Gasteiger partial charge < -0.3 is 9.80 Å². The smallest absolute Gasteiger partial charge is 0.247 e. The van der Waals surface area contributed by atoms with Crippen molar-refractivity contribution >= 4 is 46.1 Å². The molecule has 0 saturated heterocycles. The monoisotopic (exact) mass is 686 g/mol. The van der Waals surface area contributed by atoms with Crippen LogP contribution in [0.2, 0.25) is 0 Å². The molecule has 0 fully saturated rings. The van der Waals surface area contributed by atoms with Crippen molar-refractivity contribution in [3.05, 3.63) is 174 Å². The summed E-state index contributed by atoms with van der Waals surface area (Å²) in [7, 11) is 0. The molecule has 0 saturated carbocycles. The summed E-state index contributed by atoms with van der Waals surface area (Å²) in [6.45, 7) is 14.0. The lowest BCUT2D eigenvalue weighted by atomic mass is 9.31. The second-order valence-corrected chi connectivity index (χ2v) is 16.9. The predicted octanol–water partition coefficient (Wildman–Crippen LogP) is 12.0. The van der Waals surface area contributed by atoms with Crippen LogP contribution in [0.5, 0.6) is 0 Å². The van der Waals surface area contributed by atoms with Gasteiger partial charge in [0, 0.05) is 33.9 Å². The maximum atomic E-state index is 2.67. The highest BCUT2D eigenvalue weighted by atomic mass is 15.2. The van der Waals surface area contributed by atoms with Crippen LogP contribution in [-0.2, 0) is 10.8 Å². The molecular weight excluding hydrogens is 639 g/mol. The maximum absolute atomic E-state index is 2.67. The first kappa shape index (κ1) is 33.3. The Hall–Kier alpha value is -5.54. The average molecular weight is 687 g/mol. The molecule has 0 amide bonds. The van der Waals surface area contributed by atoms with E-state index >= 15 is 0 Å². The van der Waals surface area contributed by atoms with Gasteiger partial charge in [-0.1, -0.05) is 162 Å². The SMILES string of the molecule is CC(C)(C)c1ccc(N2c3ccccc3B3C4=CC=CCC4N(c4ccc(C(C)(C)C)cc4-c4ccccc4)c4cccc2c43)c(-c2ccccc2)c1. The van der Waals surface area contributed by atoms with Crippen LogP contribution in [0.15, 0.2) is 163 Å². The highest BCUT2D eigenvalue weighted by molar-refractivity contribution is 6.95. The number of benzene rings is 6. The van der Waals surface area contributed by atoms with Gasteiger partial charge in [-0.05, 0) is 92.9 Å². The lowest BCUT2D eigenvalue weighted by Crippen LogP contribution is -2.60. The second-order valence-electron chi connectivity index (χ2n) is 16.9. The van der Waals surface area contributed by atoms with Crippen molar-refractivity contribution in [3.63, 3.8) is 0 Å². The molecule has 0 aromatic heterocycles. The third-order valence-electron chi connectivity index (χ3n) is 11.5. The summed E-state index contributed by atoms with van der Waals surface area (Å²) >= 11 is 0. The van der Waals surface area contributed by atoms with Gasteiger partial charge in [0.05, 0.1) is 11.7 Å². The Kier molecular flexibility index (Phi) is 7.89. The van der Waals surface area contributed by atoms with E-state index in [0.717, 1.165) is 6.42 Å². The van der Waals surface area contributed by atoms with Crippen molar-refractivity contribution in [1.29, 1.82) is 0 Å². The zero-order valence-corrected chi connectivity index (χ0v) is 31.8. The van der Waals surface area contributed by atoms with Crippen LogP contribution in [-0.4, -0.2) is 12.8 Å². The highest BCUT2D eigenvalue weighted by Crippen LogP contribution is 2.49. The van der Waals surface area contributed by atoms with Crippen molar-refractivity contribution in [1.82, 2.24) is 0 Å². The zero-order chi connectivity index (χ0) is 36.5. The number of hydrogen-bond donors (Lipinski definition) is 0. The second kappa shape index (κ2) is 12.6. The fourth-order valence-electron chi connectivity index (χ4n) is 8.82. The highest BCUT2D eigenvalue weighted by Gasteiger charge is 2.47. The number of para-hydroxylation sites is 1. The Morgan fingerprint density at radius 2 is 1.08 bits per heavy atom. The Morgan fingerprint density at radius 3 is 1.72 bits per heavy atom. The van der Waals surface area contributed by atoms with E-state index in [0.29, 0.717) is 0 Å². The first-order valence-electron chi connectivity index (χ1n) is 19.2. The van der Waals surface area contributed by atoms with Crippen LogP contribution in [0.3, 0.4) is 0 Å². The number of hydrogen-bond acceptors (Lipinski definition) is 2. The van der Waals surface area contributed by atoms with Crippen LogP contribution in [0.1, 0.15) is 59.1 Å². The summed E-state index contributed by atoms with van der Waals surface area (Å²) in [6.07, 6.45) is 8.01. The number of fused-ring (bicyclic) bond motifs is 4. The summed E-state index contributed by atoms with van der Waals surface area (Å²) in [5, 5.41) is 0. The van der Waals surface area contributed by atoms with Gasteiger partial charge in [-0.25, -0.2) is 0 Å². The van der Waals surface area contributed by atoms with E-state index in [4.69, 9.17) is 0 Å². The predicted molar refractivity (Wildman–Crippen MR) is 229 cm³/mol. The van der Waals surface area contributed by atoms with Gasteiger partial charge in [0.2, 0.25) is 6.71 Å². The Balaban J connectivity index is 1.33. The Bertz CT molecular complexity index is 2410. The molecule has 3 heteroatoms. The molecule has 2 aliphatic heterocycles. The number of anilines is 5. The fourth-order valence-corrected chi connectivity index (χ4v) is 8.82. The molecule has 260 valence electrons. The van der Waals surface area contributed by atoms with Gasteiger partial charge in [0.1, 0.15) is 0 Å². The fraction of sp³-hybridized carbons (Fsp3) is 0.200. The van der Waals surface area contributed by atoms with Crippen molar-refractivity contribution in [2.75, 3.05) is 9.80 Å². The first-order chi connectivity index (χ1) is 25.6. The molecule has 0 radical (unpaired) electrons. The Labute approximate surface area is 316 Å². The summed E-state index contributed by atoms with van der Waals surface area (Å²) in [4.78, 5) is 5.23. The van der Waals surface area contributed by atoms with Gasteiger partial charge in [0.15, 0.2) is 0 Å². The molecule has 0 spiro atoms. The topological polar surface area (TPSA) is 6.48 Å². The van der Waals surface area contributed by atoms with Crippen molar-refractivity contribution in [2.24, 2.45) is 0 Å². The molecule has 9 rings (SSSR count). The number of rotatable bonds is 4.